The summed E-state index contributed by atoms with van der Waals surface area (Å²) < 4.78 is 22.5. The fourth-order valence-electron chi connectivity index (χ4n) is 1.65. The molecule has 2 N–H and O–H groups in total. The van der Waals surface area contributed by atoms with Crippen LogP contribution in [-0.4, -0.2) is 46.0 Å². The van der Waals surface area contributed by atoms with Crippen molar-refractivity contribution >= 4 is 15.8 Å². The third kappa shape index (κ3) is 12.7. The summed E-state index contributed by atoms with van der Waals surface area (Å²) in [4.78, 5) is 4.58. The number of nitrogens with zero attached hydrogens (tertiary/aromatic N) is 1. The van der Waals surface area contributed by atoms with Crippen molar-refractivity contribution in [2.75, 3.05) is 31.6 Å². The first kappa shape index (κ1) is 20.2. The predicted octanol–water partition coefficient (Wildman–Crippen LogP) is 2.05. The van der Waals surface area contributed by atoms with Crippen LogP contribution in [0.15, 0.2) is 4.99 Å². The smallest absolute Gasteiger partial charge is 0.191 e. The molecule has 6 heteroatoms. The van der Waals surface area contributed by atoms with E-state index in [1.54, 1.807) is 0 Å². The van der Waals surface area contributed by atoms with E-state index in [0.29, 0.717) is 18.9 Å². The van der Waals surface area contributed by atoms with Crippen molar-refractivity contribution in [2.45, 2.75) is 47.5 Å². The molecule has 0 rings (SSSR count). The second kappa shape index (κ2) is 9.28. The molecule has 0 saturated heterocycles. The standard InChI is InChI=1S/C15H33N3O2S/c1-7-16-14(17-10-8-13(2)3)18-12-15(4,5)9-11-21(6,19)20/h13H,7-12H2,1-6H3,(H2,16,17,18). The largest absolute Gasteiger partial charge is 0.357 e. The maximum Gasteiger partial charge on any atom is 0.191 e. The quantitative estimate of drug-likeness (QED) is 0.504. The Morgan fingerprint density at radius 2 is 1.86 bits per heavy atom. The molecule has 126 valence electrons. The Kier molecular flexibility index (Phi) is 8.94. The van der Waals surface area contributed by atoms with E-state index in [9.17, 15) is 8.42 Å². The van der Waals surface area contributed by atoms with Gasteiger partial charge in [0, 0.05) is 25.9 Å². The monoisotopic (exact) mass is 319 g/mol. The third-order valence-corrected chi connectivity index (χ3v) is 4.12. The molecule has 0 radical (unpaired) electrons. The van der Waals surface area contributed by atoms with E-state index >= 15 is 0 Å². The van der Waals surface area contributed by atoms with E-state index in [4.69, 9.17) is 0 Å². The molecule has 0 unspecified atom stereocenters. The first-order valence-electron chi connectivity index (χ1n) is 7.75. The third-order valence-electron chi connectivity index (χ3n) is 3.17. The molecule has 0 aromatic carbocycles. The first-order valence-corrected chi connectivity index (χ1v) is 9.81. The minimum atomic E-state index is -2.91. The molecule has 0 aliphatic carbocycles. The molecule has 21 heavy (non-hydrogen) atoms. The first-order chi connectivity index (χ1) is 9.56. The minimum Gasteiger partial charge on any atom is -0.357 e. The van der Waals surface area contributed by atoms with Crippen LogP contribution in [0.4, 0.5) is 0 Å². The highest BCUT2D eigenvalue weighted by Gasteiger charge is 2.20. The number of hydrogen-bond acceptors (Lipinski definition) is 3. The van der Waals surface area contributed by atoms with Crippen molar-refractivity contribution in [3.8, 4) is 0 Å². The van der Waals surface area contributed by atoms with E-state index < -0.39 is 9.84 Å². The normalized spacial score (nSPS) is 13.6. The number of sulfone groups is 1. The second-order valence-corrected chi connectivity index (χ2v) is 9.11. The molecule has 0 aromatic rings. The van der Waals surface area contributed by atoms with E-state index in [1.165, 1.54) is 6.26 Å². The van der Waals surface area contributed by atoms with Gasteiger partial charge in [-0.3, -0.25) is 4.99 Å². The van der Waals surface area contributed by atoms with Crippen LogP contribution in [0.25, 0.3) is 0 Å². The number of rotatable bonds is 9. The van der Waals surface area contributed by atoms with Crippen LogP contribution in [0.5, 0.6) is 0 Å². The molecule has 0 fully saturated rings. The van der Waals surface area contributed by atoms with Gasteiger partial charge in [-0.15, -0.1) is 0 Å². The van der Waals surface area contributed by atoms with Crippen LogP contribution in [0.1, 0.15) is 47.5 Å². The Morgan fingerprint density at radius 1 is 1.24 bits per heavy atom. The van der Waals surface area contributed by atoms with Gasteiger partial charge in [0.05, 0.1) is 5.75 Å². The van der Waals surface area contributed by atoms with E-state index in [1.807, 2.05) is 6.92 Å². The average molecular weight is 320 g/mol. The average Bonchev–Trinajstić information content (AvgIpc) is 2.33. The number of guanidine groups is 1. The van der Waals surface area contributed by atoms with Crippen molar-refractivity contribution in [3.05, 3.63) is 0 Å². The topological polar surface area (TPSA) is 70.6 Å². The maximum atomic E-state index is 11.3. The summed E-state index contributed by atoms with van der Waals surface area (Å²) in [5, 5.41) is 6.54. The molecule has 0 aliphatic rings. The van der Waals surface area contributed by atoms with E-state index in [0.717, 1.165) is 25.5 Å². The lowest BCUT2D eigenvalue weighted by atomic mass is 9.90. The zero-order chi connectivity index (χ0) is 16.5. The van der Waals surface area contributed by atoms with Crippen LogP contribution in [0.3, 0.4) is 0 Å². The Hall–Kier alpha value is -0.780. The summed E-state index contributed by atoms with van der Waals surface area (Å²) in [6.07, 6.45) is 3.01. The van der Waals surface area contributed by atoms with Crippen molar-refractivity contribution < 1.29 is 8.42 Å². The lowest BCUT2D eigenvalue weighted by molar-refractivity contribution is 0.365. The molecule has 0 atom stereocenters. The summed E-state index contributed by atoms with van der Waals surface area (Å²) in [5.74, 6) is 1.68. The van der Waals surface area contributed by atoms with Gasteiger partial charge in [0.1, 0.15) is 9.84 Å². The van der Waals surface area contributed by atoms with Crippen LogP contribution in [0.2, 0.25) is 0 Å². The molecule has 5 nitrogen and oxygen atoms in total. The van der Waals surface area contributed by atoms with Crippen molar-refractivity contribution in [3.63, 3.8) is 0 Å². The van der Waals surface area contributed by atoms with Gasteiger partial charge in [-0.25, -0.2) is 8.42 Å². The zero-order valence-corrected chi connectivity index (χ0v) is 15.3. The summed E-state index contributed by atoms with van der Waals surface area (Å²) in [5.41, 5.74) is -0.122. The van der Waals surface area contributed by atoms with Gasteiger partial charge in [0.25, 0.3) is 0 Å². The minimum absolute atomic E-state index is 0.122. The highest BCUT2D eigenvalue weighted by Crippen LogP contribution is 2.21. The van der Waals surface area contributed by atoms with Crippen molar-refractivity contribution in [1.82, 2.24) is 10.6 Å². The molecule has 0 aromatic heterocycles. The predicted molar refractivity (Wildman–Crippen MR) is 91.5 cm³/mol. The molecule has 0 amide bonds. The fraction of sp³-hybridized carbons (Fsp3) is 0.933. The van der Waals surface area contributed by atoms with Gasteiger partial charge in [0.2, 0.25) is 0 Å². The highest BCUT2D eigenvalue weighted by molar-refractivity contribution is 7.90. The number of nitrogens with one attached hydrogen (secondary N) is 2. The molecule has 0 bridgehead atoms. The van der Waals surface area contributed by atoms with Crippen LogP contribution < -0.4 is 10.6 Å². The molecule has 0 saturated carbocycles. The summed E-state index contributed by atoms with van der Waals surface area (Å²) in [6.45, 7) is 12.9. The van der Waals surface area contributed by atoms with Crippen molar-refractivity contribution in [1.29, 1.82) is 0 Å². The Morgan fingerprint density at radius 3 is 2.33 bits per heavy atom. The fourth-order valence-corrected chi connectivity index (χ4v) is 2.58. The molecular weight excluding hydrogens is 286 g/mol. The highest BCUT2D eigenvalue weighted by atomic mass is 32.2. The maximum absolute atomic E-state index is 11.3. The van der Waals surface area contributed by atoms with Gasteiger partial charge in [-0.2, -0.15) is 0 Å². The summed E-state index contributed by atoms with van der Waals surface area (Å²) >= 11 is 0. The number of hydrogen-bond donors (Lipinski definition) is 2. The Labute approximate surface area is 130 Å². The molecule has 0 aliphatic heterocycles. The van der Waals surface area contributed by atoms with Crippen molar-refractivity contribution in [2.24, 2.45) is 16.3 Å². The van der Waals surface area contributed by atoms with Gasteiger partial charge < -0.3 is 10.6 Å². The Balaban J connectivity index is 4.44. The summed E-state index contributed by atoms with van der Waals surface area (Å²) in [6, 6.07) is 0. The lowest BCUT2D eigenvalue weighted by Gasteiger charge is -2.22. The second-order valence-electron chi connectivity index (χ2n) is 6.85. The number of aliphatic imine (C=N–C) groups is 1. The molecule has 0 heterocycles. The molecule has 0 spiro atoms. The van der Waals surface area contributed by atoms with Crippen LogP contribution in [-0.2, 0) is 9.84 Å². The van der Waals surface area contributed by atoms with Gasteiger partial charge in [-0.1, -0.05) is 27.7 Å². The summed E-state index contributed by atoms with van der Waals surface area (Å²) in [7, 11) is -2.91. The van der Waals surface area contributed by atoms with Gasteiger partial charge >= 0.3 is 0 Å². The van der Waals surface area contributed by atoms with E-state index in [2.05, 4.69) is 43.3 Å². The van der Waals surface area contributed by atoms with E-state index in [-0.39, 0.29) is 11.2 Å². The van der Waals surface area contributed by atoms with Gasteiger partial charge in [0.15, 0.2) is 5.96 Å². The Bertz CT molecular complexity index is 415. The van der Waals surface area contributed by atoms with Gasteiger partial charge in [-0.05, 0) is 31.1 Å². The van der Waals surface area contributed by atoms with Crippen LogP contribution in [0, 0.1) is 11.3 Å². The lowest BCUT2D eigenvalue weighted by Crippen LogP contribution is -2.39. The molecular formula is C15H33N3O2S. The SMILES string of the molecule is CCNC(=NCC(C)(C)CCS(C)(=O)=O)NCCC(C)C. The zero-order valence-electron chi connectivity index (χ0n) is 14.5. The van der Waals surface area contributed by atoms with Crippen LogP contribution >= 0.6 is 0 Å².